The van der Waals surface area contributed by atoms with Gasteiger partial charge in [0.2, 0.25) is 0 Å². The van der Waals surface area contributed by atoms with Crippen molar-refractivity contribution >= 4 is 23.2 Å². The summed E-state index contributed by atoms with van der Waals surface area (Å²) in [7, 11) is 0. The molecule has 0 bridgehead atoms. The molecule has 0 radical (unpaired) electrons. The molecule has 0 unspecified atom stereocenters. The van der Waals surface area contributed by atoms with Gasteiger partial charge in [-0.3, -0.25) is 4.79 Å². The third kappa shape index (κ3) is 5.40. The Balaban J connectivity index is 1.86. The van der Waals surface area contributed by atoms with Gasteiger partial charge in [-0.15, -0.1) is 0 Å². The maximum atomic E-state index is 13.1. The number of nitrogens with one attached hydrogen (secondary N) is 1. The Kier molecular flexibility index (Phi) is 6.60. The van der Waals surface area contributed by atoms with Crippen LogP contribution in [0.1, 0.15) is 22.8 Å². The van der Waals surface area contributed by atoms with Crippen molar-refractivity contribution in [1.29, 1.82) is 0 Å². The molecule has 2 N–H and O–H groups in total. The summed E-state index contributed by atoms with van der Waals surface area (Å²) in [4.78, 5) is 12.6. The number of hydrogen-bond acceptors (Lipinski definition) is 4. The Morgan fingerprint density at radius 3 is 2.35 bits per heavy atom. The maximum absolute atomic E-state index is 13.1. The summed E-state index contributed by atoms with van der Waals surface area (Å²) in [5.74, 6) is -0.825. The number of hydrogen-bond donors (Lipinski definition) is 2. The van der Waals surface area contributed by atoms with Crippen molar-refractivity contribution in [2.45, 2.75) is 13.1 Å². The zero-order chi connectivity index (χ0) is 22.6. The van der Waals surface area contributed by atoms with E-state index in [-0.39, 0.29) is 16.5 Å². The summed E-state index contributed by atoms with van der Waals surface area (Å²) < 4.78 is 50.4. The Morgan fingerprint density at radius 2 is 1.71 bits per heavy atom. The number of rotatable bonds is 6. The first-order chi connectivity index (χ1) is 14.7. The van der Waals surface area contributed by atoms with E-state index in [0.717, 1.165) is 6.07 Å². The van der Waals surface area contributed by atoms with Crippen LogP contribution in [0.5, 0.6) is 23.0 Å². The van der Waals surface area contributed by atoms with Crippen LogP contribution in [0.4, 0.5) is 18.9 Å². The van der Waals surface area contributed by atoms with E-state index in [2.05, 4.69) is 5.32 Å². The van der Waals surface area contributed by atoms with Crippen molar-refractivity contribution in [2.75, 3.05) is 11.9 Å². The Bertz CT molecular complexity index is 1090. The van der Waals surface area contributed by atoms with Gasteiger partial charge in [-0.1, -0.05) is 23.7 Å². The molecule has 3 rings (SSSR count). The molecule has 0 saturated heterocycles. The van der Waals surface area contributed by atoms with Crippen molar-refractivity contribution in [2.24, 2.45) is 0 Å². The first-order valence-electron chi connectivity index (χ1n) is 9.10. The third-order valence-electron chi connectivity index (χ3n) is 4.12. The summed E-state index contributed by atoms with van der Waals surface area (Å²) in [6.45, 7) is 2.38. The minimum Gasteiger partial charge on any atom is -0.506 e. The minimum absolute atomic E-state index is 0.189. The molecule has 0 fully saturated rings. The highest BCUT2D eigenvalue weighted by Crippen LogP contribution is 2.40. The van der Waals surface area contributed by atoms with Crippen molar-refractivity contribution in [3.8, 4) is 23.0 Å². The average molecular weight is 452 g/mol. The highest BCUT2D eigenvalue weighted by Gasteiger charge is 2.36. The predicted molar refractivity (Wildman–Crippen MR) is 110 cm³/mol. The fourth-order valence-electron chi connectivity index (χ4n) is 2.73. The summed E-state index contributed by atoms with van der Waals surface area (Å²) >= 11 is 5.72. The van der Waals surface area contributed by atoms with Crippen LogP contribution in [0.2, 0.25) is 5.02 Å². The molecule has 3 aromatic carbocycles. The van der Waals surface area contributed by atoms with E-state index in [0.29, 0.717) is 24.2 Å². The number of halogens is 4. The van der Waals surface area contributed by atoms with Gasteiger partial charge in [0.25, 0.3) is 5.91 Å². The summed E-state index contributed by atoms with van der Waals surface area (Å²) in [6.07, 6.45) is -4.88. The Morgan fingerprint density at radius 1 is 1.06 bits per heavy atom. The summed E-state index contributed by atoms with van der Waals surface area (Å²) in [5, 5.41) is 12.1. The van der Waals surface area contributed by atoms with Gasteiger partial charge < -0.3 is 19.9 Å². The number of phenolic OH excluding ortho intramolecular Hbond substituents is 1. The molecule has 0 spiro atoms. The van der Waals surface area contributed by atoms with Crippen LogP contribution in [-0.2, 0) is 6.18 Å². The second-order valence-corrected chi connectivity index (χ2v) is 6.74. The number of benzene rings is 3. The quantitative estimate of drug-likeness (QED) is 0.448. The van der Waals surface area contributed by atoms with Gasteiger partial charge in [0.1, 0.15) is 17.2 Å². The smallest absolute Gasteiger partial charge is 0.420 e. The highest BCUT2D eigenvalue weighted by atomic mass is 35.5. The fourth-order valence-corrected chi connectivity index (χ4v) is 2.95. The van der Waals surface area contributed by atoms with E-state index in [9.17, 15) is 23.1 Å². The first kappa shape index (κ1) is 22.3. The van der Waals surface area contributed by atoms with Crippen LogP contribution in [0.25, 0.3) is 0 Å². The number of anilines is 1. The SMILES string of the molecule is CCOc1ccc(Oc2ccccc2NC(=O)c2cc(Cl)cc(C(F)(F)F)c2O)cc1. The van der Waals surface area contributed by atoms with Gasteiger partial charge in [0, 0.05) is 5.02 Å². The fraction of sp³-hybridized carbons (Fsp3) is 0.136. The molecule has 0 aliphatic heterocycles. The van der Waals surface area contributed by atoms with E-state index in [1.165, 1.54) is 6.07 Å². The molecule has 3 aromatic rings. The van der Waals surface area contributed by atoms with Crippen LogP contribution < -0.4 is 14.8 Å². The van der Waals surface area contributed by atoms with Crippen molar-refractivity contribution in [3.63, 3.8) is 0 Å². The molecule has 0 heterocycles. The van der Waals surface area contributed by atoms with Gasteiger partial charge in [0.15, 0.2) is 5.75 Å². The highest BCUT2D eigenvalue weighted by molar-refractivity contribution is 6.31. The number of carbonyl (C=O) groups is 1. The maximum Gasteiger partial charge on any atom is 0.420 e. The molecular weight excluding hydrogens is 435 g/mol. The van der Waals surface area contributed by atoms with Crippen molar-refractivity contribution in [1.82, 2.24) is 0 Å². The van der Waals surface area contributed by atoms with Crippen LogP contribution in [-0.4, -0.2) is 17.6 Å². The molecule has 31 heavy (non-hydrogen) atoms. The summed E-state index contributed by atoms with van der Waals surface area (Å²) in [6, 6.07) is 14.6. The third-order valence-corrected chi connectivity index (χ3v) is 4.34. The molecule has 0 aliphatic rings. The number of para-hydroxylation sites is 2. The topological polar surface area (TPSA) is 67.8 Å². The Hall–Kier alpha value is -3.39. The number of amides is 1. The van der Waals surface area contributed by atoms with Gasteiger partial charge in [-0.25, -0.2) is 0 Å². The van der Waals surface area contributed by atoms with E-state index in [1.54, 1.807) is 42.5 Å². The molecule has 0 atom stereocenters. The second kappa shape index (κ2) is 9.18. The second-order valence-electron chi connectivity index (χ2n) is 6.30. The zero-order valence-electron chi connectivity index (χ0n) is 16.2. The van der Waals surface area contributed by atoms with Crippen molar-refractivity contribution in [3.05, 3.63) is 76.8 Å². The van der Waals surface area contributed by atoms with Crippen LogP contribution in [0, 0.1) is 0 Å². The summed E-state index contributed by atoms with van der Waals surface area (Å²) in [5.41, 5.74) is -1.82. The lowest BCUT2D eigenvalue weighted by Gasteiger charge is -2.15. The van der Waals surface area contributed by atoms with E-state index >= 15 is 0 Å². The standard InChI is InChI=1S/C22H17ClF3NO4/c1-2-30-14-7-9-15(10-8-14)31-19-6-4-3-5-18(19)27-21(29)16-11-13(23)12-17(20(16)28)22(24,25)26/h3-12,28H,2H2,1H3,(H,27,29). The largest absolute Gasteiger partial charge is 0.506 e. The molecule has 1 amide bonds. The normalized spacial score (nSPS) is 11.1. The number of carbonyl (C=O) groups excluding carboxylic acids is 1. The van der Waals surface area contributed by atoms with E-state index < -0.39 is 29.0 Å². The van der Waals surface area contributed by atoms with Crippen LogP contribution in [0.3, 0.4) is 0 Å². The monoisotopic (exact) mass is 451 g/mol. The van der Waals surface area contributed by atoms with Gasteiger partial charge in [-0.2, -0.15) is 13.2 Å². The Labute approximate surface area is 181 Å². The molecular formula is C22H17ClF3NO4. The lowest BCUT2D eigenvalue weighted by atomic mass is 10.1. The zero-order valence-corrected chi connectivity index (χ0v) is 16.9. The minimum atomic E-state index is -4.88. The average Bonchev–Trinajstić information content (AvgIpc) is 2.71. The molecule has 5 nitrogen and oxygen atoms in total. The van der Waals surface area contributed by atoms with Crippen LogP contribution >= 0.6 is 11.6 Å². The molecule has 0 aliphatic carbocycles. The van der Waals surface area contributed by atoms with Gasteiger partial charge >= 0.3 is 6.18 Å². The number of alkyl halides is 3. The molecule has 0 saturated carbocycles. The van der Waals surface area contributed by atoms with Crippen LogP contribution in [0.15, 0.2) is 60.7 Å². The molecule has 0 aromatic heterocycles. The van der Waals surface area contributed by atoms with Gasteiger partial charge in [0.05, 0.1) is 23.4 Å². The number of aromatic hydroxyl groups is 1. The molecule has 162 valence electrons. The van der Waals surface area contributed by atoms with E-state index in [4.69, 9.17) is 21.1 Å². The van der Waals surface area contributed by atoms with E-state index in [1.807, 2.05) is 6.92 Å². The first-order valence-corrected chi connectivity index (χ1v) is 9.47. The van der Waals surface area contributed by atoms with Crippen molar-refractivity contribution < 1.29 is 32.5 Å². The molecule has 9 heteroatoms. The number of ether oxygens (including phenoxy) is 2. The lowest BCUT2D eigenvalue weighted by Crippen LogP contribution is -2.15. The van der Waals surface area contributed by atoms with Gasteiger partial charge in [-0.05, 0) is 55.5 Å². The lowest BCUT2D eigenvalue weighted by molar-refractivity contribution is -0.138. The number of phenols is 1. The predicted octanol–water partition coefficient (Wildman–Crippen LogP) is 6.51.